The smallest absolute Gasteiger partial charge is 0.261 e. The first kappa shape index (κ1) is 11.5. The molecule has 4 nitrogen and oxygen atoms in total. The molecule has 2 N–H and O–H groups in total. The molecule has 1 aliphatic carbocycles. The van der Waals surface area contributed by atoms with Gasteiger partial charge < -0.3 is 10.3 Å². The molecular formula is C13H15N3OS. The number of carbonyl (C=O) groups excluding carboxylic acids is 1. The number of imidazole rings is 1. The summed E-state index contributed by atoms with van der Waals surface area (Å²) in [5.41, 5.74) is 1.37. The fraction of sp³-hybridized carbons (Fsp3) is 0.385. The molecule has 0 bridgehead atoms. The molecule has 5 heteroatoms. The number of thiophene rings is 1. The quantitative estimate of drug-likeness (QED) is 0.890. The molecule has 3 rings (SSSR count). The summed E-state index contributed by atoms with van der Waals surface area (Å²) in [5.74, 6) is 0.787. The number of rotatable bonds is 3. The topological polar surface area (TPSA) is 57.8 Å². The van der Waals surface area contributed by atoms with Crippen molar-refractivity contribution >= 4 is 17.2 Å². The minimum atomic E-state index is 0.00537. The number of aromatic nitrogens is 2. The fourth-order valence-corrected chi connectivity index (χ4v) is 3.42. The zero-order valence-electron chi connectivity index (χ0n) is 10.0. The van der Waals surface area contributed by atoms with Crippen molar-refractivity contribution in [2.75, 3.05) is 0 Å². The molecular weight excluding hydrogens is 246 g/mol. The number of aryl methyl sites for hydroxylation is 2. The van der Waals surface area contributed by atoms with Crippen LogP contribution in [-0.4, -0.2) is 15.9 Å². The van der Waals surface area contributed by atoms with Crippen molar-refractivity contribution in [3.63, 3.8) is 0 Å². The van der Waals surface area contributed by atoms with Crippen molar-refractivity contribution in [2.45, 2.75) is 32.2 Å². The van der Waals surface area contributed by atoms with Gasteiger partial charge in [-0.05, 0) is 37.3 Å². The second kappa shape index (κ2) is 4.94. The number of amides is 1. The summed E-state index contributed by atoms with van der Waals surface area (Å²) in [6.45, 7) is 0.453. The van der Waals surface area contributed by atoms with E-state index in [0.29, 0.717) is 6.54 Å². The van der Waals surface area contributed by atoms with Crippen molar-refractivity contribution in [2.24, 2.45) is 0 Å². The molecule has 0 spiro atoms. The molecule has 1 amide bonds. The molecule has 0 aromatic carbocycles. The van der Waals surface area contributed by atoms with E-state index < -0.39 is 0 Å². The van der Waals surface area contributed by atoms with Crippen LogP contribution in [-0.2, 0) is 19.4 Å². The van der Waals surface area contributed by atoms with Crippen LogP contribution in [0, 0.1) is 0 Å². The lowest BCUT2D eigenvalue weighted by Crippen LogP contribution is -2.22. The van der Waals surface area contributed by atoms with E-state index in [2.05, 4.69) is 21.4 Å². The van der Waals surface area contributed by atoms with Gasteiger partial charge in [-0.15, -0.1) is 11.3 Å². The average molecular weight is 261 g/mol. The summed E-state index contributed by atoms with van der Waals surface area (Å²) in [4.78, 5) is 21.3. The number of aromatic amines is 1. The molecule has 2 aromatic rings. The van der Waals surface area contributed by atoms with E-state index in [1.807, 2.05) is 0 Å². The maximum atomic E-state index is 12.0. The zero-order chi connectivity index (χ0) is 12.4. The Bertz CT molecular complexity index is 521. The van der Waals surface area contributed by atoms with Gasteiger partial charge in [-0.25, -0.2) is 4.98 Å². The lowest BCUT2D eigenvalue weighted by Gasteiger charge is -2.08. The number of hydrogen-bond donors (Lipinski definition) is 2. The van der Waals surface area contributed by atoms with Crippen molar-refractivity contribution in [3.8, 4) is 0 Å². The van der Waals surface area contributed by atoms with E-state index in [-0.39, 0.29) is 5.91 Å². The highest BCUT2D eigenvalue weighted by Crippen LogP contribution is 2.29. The number of nitrogens with zero attached hydrogens (tertiary/aromatic N) is 1. The highest BCUT2D eigenvalue weighted by atomic mass is 32.1. The Morgan fingerprint density at radius 2 is 2.33 bits per heavy atom. The van der Waals surface area contributed by atoms with Gasteiger partial charge in [-0.2, -0.15) is 0 Å². The fourth-order valence-electron chi connectivity index (χ4n) is 2.25. The Balaban J connectivity index is 1.67. The number of H-pyrrole nitrogens is 1. The molecule has 0 saturated heterocycles. The summed E-state index contributed by atoms with van der Waals surface area (Å²) in [5, 5.41) is 2.89. The number of carbonyl (C=O) groups is 1. The Morgan fingerprint density at radius 3 is 3.11 bits per heavy atom. The van der Waals surface area contributed by atoms with Gasteiger partial charge in [-0.1, -0.05) is 0 Å². The first-order valence-electron chi connectivity index (χ1n) is 6.21. The molecule has 18 heavy (non-hydrogen) atoms. The van der Waals surface area contributed by atoms with Gasteiger partial charge in [0.05, 0.1) is 11.4 Å². The van der Waals surface area contributed by atoms with Crippen molar-refractivity contribution in [1.82, 2.24) is 15.3 Å². The molecule has 0 fully saturated rings. The zero-order valence-corrected chi connectivity index (χ0v) is 10.8. The van der Waals surface area contributed by atoms with Crippen LogP contribution < -0.4 is 5.32 Å². The monoisotopic (exact) mass is 261 g/mol. The van der Waals surface area contributed by atoms with Crippen LogP contribution in [0.3, 0.4) is 0 Å². The molecule has 2 aromatic heterocycles. The van der Waals surface area contributed by atoms with Crippen molar-refractivity contribution in [1.29, 1.82) is 0 Å². The molecule has 0 unspecified atom stereocenters. The Hall–Kier alpha value is -1.62. The van der Waals surface area contributed by atoms with E-state index in [1.54, 1.807) is 23.7 Å². The van der Waals surface area contributed by atoms with Gasteiger partial charge >= 0.3 is 0 Å². The largest absolute Gasteiger partial charge is 0.347 e. The van der Waals surface area contributed by atoms with Gasteiger partial charge in [0.2, 0.25) is 0 Å². The number of nitrogens with one attached hydrogen (secondary N) is 2. The standard InChI is InChI=1S/C13H15N3OS/c17-13(16-8-12-14-5-6-15-12)11-7-9-3-1-2-4-10(9)18-11/h5-7H,1-4,8H2,(H,14,15)(H,16,17). The van der Waals surface area contributed by atoms with Crippen LogP contribution in [0.1, 0.15) is 38.8 Å². The van der Waals surface area contributed by atoms with Crippen LogP contribution in [0.2, 0.25) is 0 Å². The second-order valence-electron chi connectivity index (χ2n) is 4.48. The van der Waals surface area contributed by atoms with Crippen LogP contribution >= 0.6 is 11.3 Å². The van der Waals surface area contributed by atoms with E-state index in [9.17, 15) is 4.79 Å². The van der Waals surface area contributed by atoms with Crippen LogP contribution in [0.4, 0.5) is 0 Å². The first-order chi connectivity index (χ1) is 8.83. The van der Waals surface area contributed by atoms with Crippen LogP contribution in [0.15, 0.2) is 18.5 Å². The molecule has 0 atom stereocenters. The molecule has 0 radical (unpaired) electrons. The minimum Gasteiger partial charge on any atom is -0.347 e. The van der Waals surface area contributed by atoms with Gasteiger partial charge in [-0.3, -0.25) is 4.79 Å². The summed E-state index contributed by atoms with van der Waals surface area (Å²) >= 11 is 1.64. The second-order valence-corrected chi connectivity index (χ2v) is 5.62. The van der Waals surface area contributed by atoms with Gasteiger partial charge in [0.15, 0.2) is 0 Å². The summed E-state index contributed by atoms with van der Waals surface area (Å²) in [7, 11) is 0. The maximum Gasteiger partial charge on any atom is 0.261 e. The minimum absolute atomic E-state index is 0.00537. The third-order valence-corrected chi connectivity index (χ3v) is 4.43. The lowest BCUT2D eigenvalue weighted by atomic mass is 9.99. The molecule has 94 valence electrons. The van der Waals surface area contributed by atoms with Crippen LogP contribution in [0.25, 0.3) is 0 Å². The lowest BCUT2D eigenvalue weighted by molar-refractivity contribution is 0.0954. The Labute approximate surface area is 109 Å². The van der Waals surface area contributed by atoms with E-state index in [0.717, 1.165) is 23.5 Å². The molecule has 0 saturated carbocycles. The first-order valence-corrected chi connectivity index (χ1v) is 7.02. The number of hydrogen-bond acceptors (Lipinski definition) is 3. The van der Waals surface area contributed by atoms with E-state index in [1.165, 1.54) is 23.3 Å². The summed E-state index contributed by atoms with van der Waals surface area (Å²) in [6.07, 6.45) is 8.19. The molecule has 1 aliphatic rings. The normalized spacial score (nSPS) is 14.2. The third-order valence-electron chi connectivity index (χ3n) is 3.19. The van der Waals surface area contributed by atoms with Gasteiger partial charge in [0.25, 0.3) is 5.91 Å². The Kier molecular flexibility index (Phi) is 3.15. The Morgan fingerprint density at radius 1 is 1.44 bits per heavy atom. The SMILES string of the molecule is O=C(NCc1ncc[nH]1)c1cc2c(s1)CCCC2. The summed E-state index contributed by atoms with van der Waals surface area (Å²) in [6, 6.07) is 2.05. The van der Waals surface area contributed by atoms with Crippen molar-refractivity contribution < 1.29 is 4.79 Å². The predicted octanol–water partition coefficient (Wildman–Crippen LogP) is 2.28. The predicted molar refractivity (Wildman–Crippen MR) is 70.7 cm³/mol. The number of fused-ring (bicyclic) bond motifs is 1. The van der Waals surface area contributed by atoms with Gasteiger partial charge in [0, 0.05) is 17.3 Å². The highest BCUT2D eigenvalue weighted by molar-refractivity contribution is 7.14. The van der Waals surface area contributed by atoms with E-state index in [4.69, 9.17) is 0 Å². The van der Waals surface area contributed by atoms with E-state index >= 15 is 0 Å². The van der Waals surface area contributed by atoms with Crippen LogP contribution in [0.5, 0.6) is 0 Å². The summed E-state index contributed by atoms with van der Waals surface area (Å²) < 4.78 is 0. The maximum absolute atomic E-state index is 12.0. The molecule has 0 aliphatic heterocycles. The third kappa shape index (κ3) is 2.31. The van der Waals surface area contributed by atoms with Crippen molar-refractivity contribution in [3.05, 3.63) is 39.6 Å². The van der Waals surface area contributed by atoms with Gasteiger partial charge in [0.1, 0.15) is 5.82 Å². The molecule has 2 heterocycles. The highest BCUT2D eigenvalue weighted by Gasteiger charge is 2.17. The average Bonchev–Trinajstić information content (AvgIpc) is 3.04.